The van der Waals surface area contributed by atoms with E-state index in [9.17, 15) is 0 Å². The summed E-state index contributed by atoms with van der Waals surface area (Å²) in [6, 6.07) is 2.45. The molecular weight excluding hydrogens is 138 g/mol. The van der Waals surface area contributed by atoms with E-state index in [4.69, 9.17) is 5.26 Å². The monoisotopic (exact) mass is 155 g/mol. The summed E-state index contributed by atoms with van der Waals surface area (Å²) in [7, 11) is 4.08. The summed E-state index contributed by atoms with van der Waals surface area (Å²) < 4.78 is 0. The van der Waals surface area contributed by atoms with Crippen molar-refractivity contribution in [3.05, 3.63) is 0 Å². The van der Waals surface area contributed by atoms with Gasteiger partial charge in [0.05, 0.1) is 12.5 Å². The van der Waals surface area contributed by atoms with E-state index in [-0.39, 0.29) is 0 Å². The highest BCUT2D eigenvalue weighted by Crippen LogP contribution is 1.86. The second-order valence-corrected chi connectivity index (χ2v) is 3.02. The zero-order chi connectivity index (χ0) is 8.69. The van der Waals surface area contributed by atoms with Crippen LogP contribution in [0, 0.1) is 11.3 Å². The third kappa shape index (κ3) is 7.31. The van der Waals surface area contributed by atoms with Gasteiger partial charge in [-0.2, -0.15) is 5.26 Å². The van der Waals surface area contributed by atoms with Crippen LogP contribution in [0.2, 0.25) is 0 Å². The number of likely N-dealkylation sites (N-methyl/N-ethyl adjacent to an activating group) is 1. The summed E-state index contributed by atoms with van der Waals surface area (Å²) in [5, 5.41) is 11.6. The normalized spacial score (nSPS) is 13.0. The minimum Gasteiger partial charge on any atom is -0.312 e. The van der Waals surface area contributed by atoms with Crippen molar-refractivity contribution in [2.45, 2.75) is 19.4 Å². The molecule has 0 heterocycles. The van der Waals surface area contributed by atoms with Gasteiger partial charge >= 0.3 is 0 Å². The van der Waals surface area contributed by atoms with Gasteiger partial charge in [0.2, 0.25) is 0 Å². The number of nitriles is 1. The van der Waals surface area contributed by atoms with E-state index in [0.717, 1.165) is 13.1 Å². The Bertz CT molecular complexity index is 126. The zero-order valence-electron chi connectivity index (χ0n) is 7.59. The third-order valence-corrected chi connectivity index (χ3v) is 1.45. The van der Waals surface area contributed by atoms with Crippen LogP contribution in [-0.4, -0.2) is 38.1 Å². The molecule has 0 aliphatic rings. The lowest BCUT2D eigenvalue weighted by Crippen LogP contribution is -2.32. The number of hydrogen-bond acceptors (Lipinski definition) is 3. The fraction of sp³-hybridized carbons (Fsp3) is 0.875. The fourth-order valence-electron chi connectivity index (χ4n) is 0.744. The molecule has 0 saturated heterocycles. The van der Waals surface area contributed by atoms with E-state index in [1.54, 1.807) is 0 Å². The van der Waals surface area contributed by atoms with Crippen molar-refractivity contribution in [1.82, 2.24) is 10.2 Å². The molecule has 0 radical (unpaired) electrons. The smallest absolute Gasteiger partial charge is 0.0638 e. The van der Waals surface area contributed by atoms with Crippen molar-refractivity contribution in [3.8, 4) is 6.07 Å². The van der Waals surface area contributed by atoms with Crippen molar-refractivity contribution in [1.29, 1.82) is 5.26 Å². The average Bonchev–Trinajstić information content (AvgIpc) is 1.87. The highest BCUT2D eigenvalue weighted by atomic mass is 15.1. The maximum absolute atomic E-state index is 8.34. The molecular formula is C8H17N3. The van der Waals surface area contributed by atoms with Gasteiger partial charge in [0.15, 0.2) is 0 Å². The Labute approximate surface area is 69.0 Å². The SMILES string of the molecule is CC(CC#N)NCCN(C)C. The second-order valence-electron chi connectivity index (χ2n) is 3.02. The van der Waals surface area contributed by atoms with Crippen LogP contribution >= 0.6 is 0 Å². The largest absolute Gasteiger partial charge is 0.312 e. The van der Waals surface area contributed by atoms with Gasteiger partial charge in [-0.15, -0.1) is 0 Å². The lowest BCUT2D eigenvalue weighted by atomic mass is 10.2. The van der Waals surface area contributed by atoms with Crippen molar-refractivity contribution in [3.63, 3.8) is 0 Å². The Morgan fingerprint density at radius 2 is 2.18 bits per heavy atom. The first-order chi connectivity index (χ1) is 5.16. The first-order valence-corrected chi connectivity index (χ1v) is 3.92. The molecule has 3 nitrogen and oxygen atoms in total. The number of nitrogens with one attached hydrogen (secondary N) is 1. The minimum absolute atomic E-state index is 0.319. The Balaban J connectivity index is 3.18. The standard InChI is InChI=1S/C8H17N3/c1-8(4-5-9)10-6-7-11(2)3/h8,10H,4,6-7H2,1-3H3. The van der Waals surface area contributed by atoms with E-state index in [2.05, 4.69) is 16.3 Å². The summed E-state index contributed by atoms with van der Waals surface area (Å²) in [5.41, 5.74) is 0. The molecule has 1 N–H and O–H groups in total. The molecule has 0 spiro atoms. The molecule has 11 heavy (non-hydrogen) atoms. The second kappa shape index (κ2) is 6.14. The van der Waals surface area contributed by atoms with Crippen molar-refractivity contribution < 1.29 is 0 Å². The van der Waals surface area contributed by atoms with Crippen LogP contribution in [0.5, 0.6) is 0 Å². The van der Waals surface area contributed by atoms with E-state index in [1.807, 2.05) is 21.0 Å². The van der Waals surface area contributed by atoms with Gasteiger partial charge in [-0.25, -0.2) is 0 Å². The van der Waals surface area contributed by atoms with Gasteiger partial charge in [0, 0.05) is 19.1 Å². The van der Waals surface area contributed by atoms with Gasteiger partial charge in [0.25, 0.3) is 0 Å². The van der Waals surface area contributed by atoms with Crippen molar-refractivity contribution in [2.24, 2.45) is 0 Å². The lowest BCUT2D eigenvalue weighted by molar-refractivity contribution is 0.388. The molecule has 0 aliphatic heterocycles. The summed E-state index contributed by atoms with van der Waals surface area (Å²) in [6.45, 7) is 4.00. The number of rotatable bonds is 5. The molecule has 0 bridgehead atoms. The molecule has 0 rings (SSSR count). The van der Waals surface area contributed by atoms with Crippen molar-refractivity contribution in [2.75, 3.05) is 27.2 Å². The zero-order valence-corrected chi connectivity index (χ0v) is 7.59. The molecule has 0 aromatic rings. The Morgan fingerprint density at radius 1 is 1.55 bits per heavy atom. The molecule has 0 aliphatic carbocycles. The van der Waals surface area contributed by atoms with Gasteiger partial charge in [-0.1, -0.05) is 0 Å². The Kier molecular flexibility index (Phi) is 5.81. The van der Waals surface area contributed by atoms with Gasteiger partial charge in [-0.3, -0.25) is 0 Å². The maximum atomic E-state index is 8.34. The van der Waals surface area contributed by atoms with Gasteiger partial charge < -0.3 is 10.2 Å². The third-order valence-electron chi connectivity index (χ3n) is 1.45. The van der Waals surface area contributed by atoms with E-state index in [0.29, 0.717) is 12.5 Å². The first-order valence-electron chi connectivity index (χ1n) is 3.92. The predicted molar refractivity (Wildman–Crippen MR) is 46.2 cm³/mol. The van der Waals surface area contributed by atoms with E-state index >= 15 is 0 Å². The van der Waals surface area contributed by atoms with Gasteiger partial charge in [0.1, 0.15) is 0 Å². The Morgan fingerprint density at radius 3 is 2.64 bits per heavy atom. The van der Waals surface area contributed by atoms with Crippen molar-refractivity contribution >= 4 is 0 Å². The molecule has 0 amide bonds. The van der Waals surface area contributed by atoms with Crippen LogP contribution in [-0.2, 0) is 0 Å². The molecule has 64 valence electrons. The number of hydrogen-bond donors (Lipinski definition) is 1. The molecule has 0 aromatic carbocycles. The summed E-state index contributed by atoms with van der Waals surface area (Å²) in [4.78, 5) is 2.12. The first kappa shape index (κ1) is 10.4. The van der Waals surface area contributed by atoms with Crippen LogP contribution < -0.4 is 5.32 Å². The molecule has 3 heteroatoms. The van der Waals surface area contributed by atoms with Crippen LogP contribution in [0.4, 0.5) is 0 Å². The minimum atomic E-state index is 0.319. The van der Waals surface area contributed by atoms with E-state index in [1.165, 1.54) is 0 Å². The van der Waals surface area contributed by atoms with Crippen LogP contribution in [0.3, 0.4) is 0 Å². The summed E-state index contributed by atoms with van der Waals surface area (Å²) in [6.07, 6.45) is 0.591. The average molecular weight is 155 g/mol. The molecule has 1 unspecified atom stereocenters. The quantitative estimate of drug-likeness (QED) is 0.626. The summed E-state index contributed by atoms with van der Waals surface area (Å²) in [5.74, 6) is 0. The lowest BCUT2D eigenvalue weighted by Gasteiger charge is -2.13. The number of nitrogens with zero attached hydrogens (tertiary/aromatic N) is 2. The topological polar surface area (TPSA) is 39.1 Å². The van der Waals surface area contributed by atoms with Crippen LogP contribution in [0.25, 0.3) is 0 Å². The Hall–Kier alpha value is -0.590. The van der Waals surface area contributed by atoms with Crippen LogP contribution in [0.15, 0.2) is 0 Å². The van der Waals surface area contributed by atoms with Gasteiger partial charge in [-0.05, 0) is 21.0 Å². The maximum Gasteiger partial charge on any atom is 0.0638 e. The molecule has 0 aromatic heterocycles. The predicted octanol–water partition coefficient (Wildman–Crippen LogP) is 0.440. The molecule has 1 atom stereocenters. The summed E-state index contributed by atoms with van der Waals surface area (Å²) >= 11 is 0. The highest BCUT2D eigenvalue weighted by Gasteiger charge is 1.98. The van der Waals surface area contributed by atoms with E-state index < -0.39 is 0 Å². The van der Waals surface area contributed by atoms with Crippen LogP contribution in [0.1, 0.15) is 13.3 Å². The highest BCUT2D eigenvalue weighted by molar-refractivity contribution is 4.77. The molecule has 0 saturated carbocycles. The molecule has 0 fully saturated rings. The fourth-order valence-corrected chi connectivity index (χ4v) is 0.744.